The molecule has 5 aromatic carbocycles. The highest BCUT2D eigenvalue weighted by molar-refractivity contribution is 6.23. The molecule has 2 saturated heterocycles. The van der Waals surface area contributed by atoms with Crippen molar-refractivity contribution in [1.82, 2.24) is 4.90 Å². The van der Waals surface area contributed by atoms with Gasteiger partial charge < -0.3 is 29.5 Å². The number of hydrogen-bond donors (Lipinski definition) is 3. The number of hydrogen-bond acceptors (Lipinski definition) is 12. The summed E-state index contributed by atoms with van der Waals surface area (Å²) in [6, 6.07) is 30.7. The molecule has 3 aliphatic heterocycles. The van der Waals surface area contributed by atoms with E-state index in [4.69, 9.17) is 14.2 Å². The number of carbonyl (C=O) groups excluding carboxylic acids is 3. The summed E-state index contributed by atoms with van der Waals surface area (Å²) >= 11 is 0. The molecule has 314 valence electrons. The lowest BCUT2D eigenvalue weighted by Gasteiger charge is -2.46. The molecule has 3 heterocycles. The first kappa shape index (κ1) is 41.4. The number of esters is 1. The van der Waals surface area contributed by atoms with Gasteiger partial charge in [-0.1, -0.05) is 84.6 Å². The Morgan fingerprint density at radius 1 is 0.823 bits per heavy atom. The smallest absolute Gasteiger partial charge is 0.421 e. The number of nitro benzene ring substituents is 1. The van der Waals surface area contributed by atoms with E-state index >= 15 is 4.79 Å². The fourth-order valence-electron chi connectivity index (χ4n) is 9.03. The number of morpholine rings is 1. The summed E-state index contributed by atoms with van der Waals surface area (Å²) in [7, 11) is 0. The second-order valence-electron chi connectivity index (χ2n) is 14.9. The van der Waals surface area contributed by atoms with Crippen LogP contribution in [0.15, 0.2) is 127 Å². The normalized spacial score (nSPS) is 22.5. The van der Waals surface area contributed by atoms with Crippen molar-refractivity contribution in [3.8, 4) is 17.6 Å². The van der Waals surface area contributed by atoms with Gasteiger partial charge in [0.2, 0.25) is 5.91 Å². The van der Waals surface area contributed by atoms with E-state index in [1.165, 1.54) is 36.4 Å². The largest absolute Gasteiger partial charge is 0.491 e. The van der Waals surface area contributed by atoms with Gasteiger partial charge in [0, 0.05) is 24.1 Å². The molecule has 2 amide bonds. The number of aliphatic hydroxyl groups is 2. The maximum absolute atomic E-state index is 15.9. The number of aliphatic carboxylic acids is 1. The number of carboxylic acid groups (broad SMARTS) is 1. The van der Waals surface area contributed by atoms with Gasteiger partial charge in [0.1, 0.15) is 42.4 Å². The Bertz CT molecular complexity index is 2590. The van der Waals surface area contributed by atoms with Crippen LogP contribution in [0.5, 0.6) is 5.75 Å². The number of amides is 2. The highest BCUT2D eigenvalue weighted by Crippen LogP contribution is 2.66. The number of benzene rings is 5. The van der Waals surface area contributed by atoms with E-state index in [0.29, 0.717) is 27.8 Å². The maximum Gasteiger partial charge on any atom is 0.421 e. The molecule has 6 atom stereocenters. The predicted octanol–water partition coefficient (Wildman–Crippen LogP) is 5.79. The molecule has 1 spiro atoms. The minimum absolute atomic E-state index is 0.00979. The van der Waals surface area contributed by atoms with Crippen molar-refractivity contribution in [2.24, 2.45) is 5.92 Å². The lowest BCUT2D eigenvalue weighted by atomic mass is 9.65. The molecule has 3 aliphatic rings. The first-order chi connectivity index (χ1) is 30.1. The Morgan fingerprint density at radius 2 is 1.52 bits per heavy atom. The quantitative estimate of drug-likeness (QED) is 0.0625. The first-order valence-electron chi connectivity index (χ1n) is 19.7. The average Bonchev–Trinajstić information content (AvgIpc) is 3.75. The minimum Gasteiger partial charge on any atom is -0.491 e. The van der Waals surface area contributed by atoms with E-state index in [1.54, 1.807) is 71.6 Å². The molecule has 0 unspecified atom stereocenters. The summed E-state index contributed by atoms with van der Waals surface area (Å²) in [5, 5.41) is 41.9. The van der Waals surface area contributed by atoms with Crippen LogP contribution in [0.4, 0.5) is 16.2 Å². The second-order valence-corrected chi connectivity index (χ2v) is 14.9. The van der Waals surface area contributed by atoms with E-state index in [2.05, 4.69) is 11.8 Å². The van der Waals surface area contributed by atoms with Gasteiger partial charge in [-0.3, -0.25) is 29.4 Å². The van der Waals surface area contributed by atoms with E-state index in [0.717, 1.165) is 4.90 Å². The number of carboxylic acids is 1. The minimum atomic E-state index is -2.26. The molecule has 0 aliphatic carbocycles. The summed E-state index contributed by atoms with van der Waals surface area (Å²) < 4.78 is 17.8. The first-order valence-corrected chi connectivity index (χ1v) is 19.7. The van der Waals surface area contributed by atoms with Crippen molar-refractivity contribution in [1.29, 1.82) is 0 Å². The molecule has 2 fully saturated rings. The highest BCUT2D eigenvalue weighted by Gasteiger charge is 2.76. The number of nitro groups is 1. The van der Waals surface area contributed by atoms with E-state index in [-0.39, 0.29) is 48.9 Å². The number of aliphatic hydroxyl groups excluding tert-OH is 2. The van der Waals surface area contributed by atoms with Gasteiger partial charge in [-0.2, -0.15) is 0 Å². The van der Waals surface area contributed by atoms with Crippen LogP contribution in [0.2, 0.25) is 0 Å². The number of cyclic esters (lactones) is 1. The SMILES string of the molecule is O=C1O[C@H](c2ccccc2)[C@H](c2ccccc2)N2[C@H]1[C@@H](C(=O)O)[C@]1(C(=O)N(C(=O)OCc3ccc([N+](=O)[O-])cc3)c3ccc(C#CCCO)cc31)[C@H]2c1cccc(OCCO)c1. The van der Waals surface area contributed by atoms with Crippen LogP contribution in [-0.4, -0.2) is 74.9 Å². The van der Waals surface area contributed by atoms with Gasteiger partial charge in [-0.05, 0) is 70.3 Å². The van der Waals surface area contributed by atoms with Crippen molar-refractivity contribution in [3.05, 3.63) is 171 Å². The third-order valence-corrected chi connectivity index (χ3v) is 11.4. The molecule has 0 bridgehead atoms. The Morgan fingerprint density at radius 3 is 2.18 bits per heavy atom. The van der Waals surface area contributed by atoms with Gasteiger partial charge in [0.25, 0.3) is 5.69 Å². The lowest BCUT2D eigenvalue weighted by Crippen LogP contribution is -2.53. The zero-order valence-corrected chi connectivity index (χ0v) is 32.9. The van der Waals surface area contributed by atoms with Gasteiger partial charge in [0.15, 0.2) is 0 Å². The summed E-state index contributed by atoms with van der Waals surface area (Å²) in [5.74, 6) is 0.807. The Balaban J connectivity index is 1.38. The summed E-state index contributed by atoms with van der Waals surface area (Å²) in [6.07, 6.45) is -2.05. The summed E-state index contributed by atoms with van der Waals surface area (Å²) in [6.45, 7) is -1.02. The number of anilines is 1. The Kier molecular flexibility index (Phi) is 11.5. The van der Waals surface area contributed by atoms with E-state index < -0.39 is 71.0 Å². The van der Waals surface area contributed by atoms with Crippen molar-refractivity contribution in [3.63, 3.8) is 0 Å². The number of nitrogens with zero attached hydrogens (tertiary/aromatic N) is 3. The fourth-order valence-corrected chi connectivity index (χ4v) is 9.03. The van der Waals surface area contributed by atoms with Crippen molar-refractivity contribution in [2.45, 2.75) is 42.7 Å². The van der Waals surface area contributed by atoms with Crippen molar-refractivity contribution in [2.75, 3.05) is 24.7 Å². The topological polar surface area (TPSA) is 206 Å². The van der Waals surface area contributed by atoms with Gasteiger partial charge in [-0.25, -0.2) is 9.69 Å². The molecule has 8 rings (SSSR count). The van der Waals surface area contributed by atoms with Crippen LogP contribution in [0.1, 0.15) is 58.0 Å². The fraction of sp³-hybridized carbons (Fsp3) is 0.234. The molecule has 3 N–H and O–H groups in total. The number of ether oxygens (including phenoxy) is 3. The summed E-state index contributed by atoms with van der Waals surface area (Å²) in [4.78, 5) is 72.5. The zero-order valence-electron chi connectivity index (χ0n) is 32.9. The predicted molar refractivity (Wildman–Crippen MR) is 220 cm³/mol. The molecule has 62 heavy (non-hydrogen) atoms. The van der Waals surface area contributed by atoms with Crippen LogP contribution in [0.25, 0.3) is 0 Å². The molecule has 15 heteroatoms. The number of carbonyl (C=O) groups is 4. The van der Waals surface area contributed by atoms with Crippen LogP contribution in [0.3, 0.4) is 0 Å². The molecule has 0 aromatic heterocycles. The van der Waals surface area contributed by atoms with Crippen LogP contribution >= 0.6 is 0 Å². The second kappa shape index (κ2) is 17.3. The number of rotatable bonds is 11. The monoisotopic (exact) mass is 837 g/mol. The Labute approximate surface area is 354 Å². The van der Waals surface area contributed by atoms with Crippen LogP contribution in [-0.2, 0) is 35.9 Å². The van der Waals surface area contributed by atoms with Crippen molar-refractivity contribution < 1.29 is 53.6 Å². The van der Waals surface area contributed by atoms with E-state index in [9.17, 15) is 39.8 Å². The highest BCUT2D eigenvalue weighted by atomic mass is 16.6. The van der Waals surface area contributed by atoms with E-state index in [1.807, 2.05) is 24.3 Å². The third-order valence-electron chi connectivity index (χ3n) is 11.4. The summed E-state index contributed by atoms with van der Waals surface area (Å²) in [5.41, 5.74) is -0.0582. The van der Waals surface area contributed by atoms with Crippen LogP contribution in [0, 0.1) is 27.9 Å². The average molecular weight is 838 g/mol. The number of non-ortho nitro benzene ring substituents is 1. The number of fused-ring (bicyclic) bond motifs is 3. The Hall–Kier alpha value is -7.38. The molecular formula is C47H39N3O12. The maximum atomic E-state index is 15.9. The van der Waals surface area contributed by atoms with Crippen LogP contribution < -0.4 is 9.64 Å². The number of imide groups is 1. The van der Waals surface area contributed by atoms with Gasteiger partial charge >= 0.3 is 18.0 Å². The molecule has 0 radical (unpaired) electrons. The van der Waals surface area contributed by atoms with Gasteiger partial charge in [0.05, 0.1) is 35.9 Å². The third kappa shape index (κ3) is 7.19. The molecule has 5 aromatic rings. The zero-order chi connectivity index (χ0) is 43.5. The van der Waals surface area contributed by atoms with Crippen molar-refractivity contribution >= 4 is 35.3 Å². The lowest BCUT2D eigenvalue weighted by molar-refractivity contribution is -0.384. The standard InChI is InChI=1S/C47H39N3O12/c51-23-8-7-10-29-19-22-37-36(26-29)47(45(56)48(37)46(57)61-28-30-17-20-34(21-18-30)50(58)59)38(43(53)54)40-44(55)62-41(32-13-5-2-6-14-32)39(31-11-3-1-4-12-31)49(40)42(47)33-15-9-16-35(27-33)60-25-24-52/h1-6,9,11-22,26-27,38-42,51-52H,8,23-25,28H2,(H,53,54)/t38-,39-,40-,41+,42+,47-/m0/s1. The molecule has 0 saturated carbocycles. The molecule has 15 nitrogen and oxygen atoms in total. The molecular weight excluding hydrogens is 799 g/mol. The van der Waals surface area contributed by atoms with Gasteiger partial charge in [-0.15, -0.1) is 0 Å².